The van der Waals surface area contributed by atoms with Gasteiger partial charge in [-0.2, -0.15) is 23.5 Å². The molecule has 73 heavy (non-hydrogen) atoms. The summed E-state index contributed by atoms with van der Waals surface area (Å²) in [5, 5.41) is 1.78. The number of hydrogen-bond donors (Lipinski definition) is 0. The Kier molecular flexibility index (Phi) is 55.5. The molecule has 0 saturated carbocycles. The first kappa shape index (κ1) is 78.8. The SMILES string of the molecule is C=CCCC(C)(SSSC(CCC(C)=CC)C(C)(CCC=C(C)C)SC)C(CCC(C)=CCC)SSSC(C)(CCC)C(CCC(C)=CCCC)SC.CC/C=C(/C)CC/C=C(/C)CC.S1SSSSSSS1. The lowest BCUT2D eigenvalue weighted by molar-refractivity contribution is 0.531. The van der Waals surface area contributed by atoms with E-state index >= 15 is 0 Å². The molecule has 0 aromatic heterocycles. The fraction of sp³-hybridized carbons (Fsp3) is 0.754. The highest BCUT2D eigenvalue weighted by Gasteiger charge is 2.40. The zero-order valence-corrected chi connectivity index (χ0v) is 62.0. The van der Waals surface area contributed by atoms with Crippen LogP contribution in [0, 0.1) is 0 Å². The molecule has 1 rings (SSSR count). The predicted molar refractivity (Wildman–Crippen MR) is 390 cm³/mol. The molecule has 0 aromatic rings. The Morgan fingerprint density at radius 2 is 0.918 bits per heavy atom. The first-order valence-corrected chi connectivity index (χ1v) is 47.0. The zero-order chi connectivity index (χ0) is 55.4. The first-order valence-electron chi connectivity index (χ1n) is 26.8. The summed E-state index contributed by atoms with van der Waals surface area (Å²) >= 11 is 4.19. The van der Waals surface area contributed by atoms with Gasteiger partial charge >= 0.3 is 0 Å². The maximum Gasteiger partial charge on any atom is 0.0373 e. The molecule has 0 N–H and O–H groups in total. The molecule has 0 amide bonds. The predicted octanol–water partition coefficient (Wildman–Crippen LogP) is 28.7. The van der Waals surface area contributed by atoms with E-state index in [4.69, 9.17) is 0 Å². The van der Waals surface area contributed by atoms with Crippen molar-refractivity contribution in [3.8, 4) is 0 Å². The topological polar surface area (TPSA) is 0 Å². The Balaban J connectivity index is 0. The molecule has 16 heteroatoms. The number of allylic oxidation sites excluding steroid dienone is 13. The van der Waals surface area contributed by atoms with E-state index in [0.29, 0.717) is 15.7 Å². The normalized spacial score (nSPS) is 18.0. The second-order valence-electron chi connectivity index (χ2n) is 19.7. The highest BCUT2D eigenvalue weighted by atomic mass is 34.1. The summed E-state index contributed by atoms with van der Waals surface area (Å²) in [6, 6.07) is 0. The van der Waals surface area contributed by atoms with Crippen molar-refractivity contribution in [2.24, 2.45) is 0 Å². The Morgan fingerprint density at radius 1 is 0.479 bits per heavy atom. The summed E-state index contributed by atoms with van der Waals surface area (Å²) in [5.41, 5.74) is 9.10. The molecule has 1 aliphatic rings. The molecule has 1 saturated heterocycles. The van der Waals surface area contributed by atoms with Crippen LogP contribution in [0.2, 0.25) is 0 Å². The number of rotatable bonds is 38. The van der Waals surface area contributed by atoms with Gasteiger partial charge < -0.3 is 0 Å². The summed E-state index contributed by atoms with van der Waals surface area (Å²) in [5.74, 6) is 0. The van der Waals surface area contributed by atoms with Crippen molar-refractivity contribution in [3.63, 3.8) is 0 Å². The summed E-state index contributed by atoms with van der Waals surface area (Å²) < 4.78 is 0.626. The van der Waals surface area contributed by atoms with Gasteiger partial charge in [-0.1, -0.05) is 167 Å². The molecule has 0 radical (unpaired) electrons. The molecule has 0 spiro atoms. The molecule has 6 atom stereocenters. The lowest BCUT2D eigenvalue weighted by Crippen LogP contribution is -2.34. The van der Waals surface area contributed by atoms with Gasteiger partial charge in [0.15, 0.2) is 0 Å². The van der Waals surface area contributed by atoms with Gasteiger partial charge in [-0.15, -0.1) is 6.58 Å². The van der Waals surface area contributed by atoms with Gasteiger partial charge in [0, 0.05) is 109 Å². The monoisotopic (exact) mass is 1300 g/mol. The molecular weight excluding hydrogens is 1200 g/mol. The minimum absolute atomic E-state index is 0.138. The van der Waals surface area contributed by atoms with E-state index in [2.05, 4.69) is 259 Å². The van der Waals surface area contributed by atoms with Crippen molar-refractivity contribution in [2.75, 3.05) is 12.5 Å². The second-order valence-corrected chi connectivity index (χ2v) is 45.7. The van der Waals surface area contributed by atoms with Gasteiger partial charge in [-0.25, -0.2) is 0 Å². The lowest BCUT2D eigenvalue weighted by Gasteiger charge is -2.39. The smallest absolute Gasteiger partial charge is 0.0373 e. The van der Waals surface area contributed by atoms with Crippen molar-refractivity contribution in [1.29, 1.82) is 0 Å². The zero-order valence-electron chi connectivity index (χ0n) is 48.9. The minimum Gasteiger partial charge on any atom is -0.161 e. The number of hydrogen-bond acceptors (Lipinski definition) is 16. The molecule has 428 valence electrons. The third-order valence-electron chi connectivity index (χ3n) is 12.9. The molecule has 0 bridgehead atoms. The fourth-order valence-electron chi connectivity index (χ4n) is 7.71. The van der Waals surface area contributed by atoms with Crippen molar-refractivity contribution in [2.45, 2.75) is 263 Å². The third kappa shape index (κ3) is 41.4. The molecule has 0 aromatic carbocycles. The average molecular weight is 1300 g/mol. The molecule has 1 heterocycles. The van der Waals surface area contributed by atoms with Crippen molar-refractivity contribution < 1.29 is 0 Å². The maximum atomic E-state index is 4.19. The summed E-state index contributed by atoms with van der Waals surface area (Å²) in [6.07, 6.45) is 44.0. The first-order chi connectivity index (χ1) is 34.8. The van der Waals surface area contributed by atoms with Gasteiger partial charge in [-0.05, 0) is 217 Å². The van der Waals surface area contributed by atoms with Crippen LogP contribution < -0.4 is 0 Å². The Morgan fingerprint density at radius 3 is 1.34 bits per heavy atom. The van der Waals surface area contributed by atoms with Gasteiger partial charge in [0.1, 0.15) is 0 Å². The van der Waals surface area contributed by atoms with E-state index < -0.39 is 0 Å². The number of unbranched alkanes of at least 4 members (excludes halogenated alkanes) is 1. The van der Waals surface area contributed by atoms with Crippen LogP contribution in [-0.4, -0.2) is 42.5 Å². The molecule has 0 aliphatic carbocycles. The highest BCUT2D eigenvalue weighted by molar-refractivity contribution is 9.60. The van der Waals surface area contributed by atoms with E-state index in [0.717, 1.165) is 19.3 Å². The maximum absolute atomic E-state index is 4.19. The fourth-order valence-corrected chi connectivity index (χ4v) is 45.8. The average Bonchev–Trinajstić information content (AvgIpc) is 3.34. The molecule has 6 unspecified atom stereocenters. The van der Waals surface area contributed by atoms with Crippen molar-refractivity contribution >= 4 is 165 Å². The molecule has 0 nitrogen and oxygen atoms in total. The van der Waals surface area contributed by atoms with Crippen LogP contribution in [0.15, 0.2) is 82.5 Å². The highest BCUT2D eigenvalue weighted by Crippen LogP contribution is 2.66. The minimum atomic E-state index is 0.138. The van der Waals surface area contributed by atoms with E-state index in [1.807, 2.05) is 78.6 Å². The quantitative estimate of drug-likeness (QED) is 0.0425. The molecular formula is C57H104S16. The van der Waals surface area contributed by atoms with Gasteiger partial charge in [-0.3, -0.25) is 0 Å². The molecule has 1 fully saturated rings. The van der Waals surface area contributed by atoms with Gasteiger partial charge in [0.05, 0.1) is 0 Å². The largest absolute Gasteiger partial charge is 0.161 e. The van der Waals surface area contributed by atoms with E-state index in [-0.39, 0.29) is 14.2 Å². The Labute approximate surface area is 516 Å². The third-order valence-corrected chi connectivity index (χ3v) is 45.1. The summed E-state index contributed by atoms with van der Waals surface area (Å²) in [6.45, 7) is 41.3. The van der Waals surface area contributed by atoms with Crippen LogP contribution in [0.1, 0.15) is 233 Å². The van der Waals surface area contributed by atoms with Crippen LogP contribution in [0.25, 0.3) is 0 Å². The van der Waals surface area contributed by atoms with Crippen molar-refractivity contribution in [3.05, 3.63) is 82.5 Å². The summed E-state index contributed by atoms with van der Waals surface area (Å²) in [7, 11) is 27.6. The van der Waals surface area contributed by atoms with Crippen molar-refractivity contribution in [1.82, 2.24) is 0 Å². The number of thioether (sulfide) groups is 2. The lowest BCUT2D eigenvalue weighted by atomic mass is 9.95. The van der Waals surface area contributed by atoms with E-state index in [1.54, 1.807) is 11.1 Å². The van der Waals surface area contributed by atoms with E-state index in [1.165, 1.54) is 125 Å². The Hall–Kier alpha value is 3.78. The van der Waals surface area contributed by atoms with Gasteiger partial charge in [0.2, 0.25) is 0 Å². The van der Waals surface area contributed by atoms with E-state index in [9.17, 15) is 0 Å². The second kappa shape index (κ2) is 51.4. The van der Waals surface area contributed by atoms with Crippen LogP contribution in [-0.2, 0) is 0 Å². The Bertz CT molecular complexity index is 1530. The van der Waals surface area contributed by atoms with Crippen LogP contribution in [0.4, 0.5) is 0 Å². The molecule has 1 aliphatic heterocycles. The summed E-state index contributed by atoms with van der Waals surface area (Å²) in [4.78, 5) is 0. The standard InChI is InChI=1S/C45H82S8.C12H22.S8/c1-16-21-26-39(10)28-30-40(46-14)44(12,33-19-4)50-53-49-42(32-29-38(9)24-18-3)45(13,34-22-17-2)51-52-48-41(31-27-37(8)20-5)43(11,47-15)35-23-25-36(6)7;1-5-8-12(4)10-7-9-11(3)6-2;1-2-4-6-8-7-5-3-1/h17,20,24-26,40-42H,2,16,18-19,21-23,27-35H2,1,3-15H3;8-9H,5-7,10H2,1-4H3;/b;11-9-,12-8-;. The van der Waals surface area contributed by atoms with Crippen LogP contribution >= 0.6 is 165 Å². The van der Waals surface area contributed by atoms with Gasteiger partial charge in [0.25, 0.3) is 0 Å². The van der Waals surface area contributed by atoms with Crippen LogP contribution in [0.3, 0.4) is 0 Å². The van der Waals surface area contributed by atoms with Crippen LogP contribution in [0.5, 0.6) is 0 Å².